The number of nitrogens with zero attached hydrogens (tertiary/aromatic N) is 1. The van der Waals surface area contributed by atoms with Gasteiger partial charge in [0.25, 0.3) is 0 Å². The Labute approximate surface area is 135 Å². The molecule has 0 saturated heterocycles. The van der Waals surface area contributed by atoms with Crippen molar-refractivity contribution in [1.82, 2.24) is 4.31 Å². The van der Waals surface area contributed by atoms with Crippen LogP contribution < -0.4 is 4.74 Å². The normalized spacial score (nSPS) is 18.9. The van der Waals surface area contributed by atoms with E-state index < -0.39 is 10.0 Å². The fraction of sp³-hybridized carbons (Fsp3) is 0.375. The van der Waals surface area contributed by atoms with Crippen LogP contribution in [0.15, 0.2) is 40.6 Å². The summed E-state index contributed by atoms with van der Waals surface area (Å²) in [5.74, 6) is 0.657. The van der Waals surface area contributed by atoms with Crippen LogP contribution in [0.1, 0.15) is 29.8 Å². The molecule has 0 fully saturated rings. The van der Waals surface area contributed by atoms with Crippen LogP contribution in [-0.2, 0) is 16.4 Å². The minimum atomic E-state index is -3.49. The van der Waals surface area contributed by atoms with Gasteiger partial charge >= 0.3 is 0 Å². The molecule has 2 aromatic rings. The van der Waals surface area contributed by atoms with Crippen molar-refractivity contribution in [2.45, 2.75) is 30.7 Å². The number of sulfonamides is 1. The molecule has 3 rings (SSSR count). The predicted molar refractivity (Wildman–Crippen MR) is 87.9 cm³/mol. The Kier molecular flexibility index (Phi) is 4.25. The molecule has 0 saturated carbocycles. The smallest absolute Gasteiger partial charge is 0.243 e. The lowest BCUT2D eigenvalue weighted by Gasteiger charge is -2.34. The highest BCUT2D eigenvalue weighted by Gasteiger charge is 2.35. The maximum atomic E-state index is 13.0. The quantitative estimate of drug-likeness (QED) is 0.858. The van der Waals surface area contributed by atoms with E-state index in [4.69, 9.17) is 4.74 Å². The van der Waals surface area contributed by atoms with Crippen molar-refractivity contribution in [3.05, 3.63) is 46.2 Å². The van der Waals surface area contributed by atoms with E-state index in [0.717, 1.165) is 18.4 Å². The van der Waals surface area contributed by atoms with Crippen LogP contribution in [0.4, 0.5) is 0 Å². The van der Waals surface area contributed by atoms with Gasteiger partial charge in [0.2, 0.25) is 10.0 Å². The lowest BCUT2D eigenvalue weighted by atomic mass is 10.0. The molecule has 0 spiro atoms. The molecule has 0 radical (unpaired) electrons. The molecule has 1 aromatic carbocycles. The summed E-state index contributed by atoms with van der Waals surface area (Å²) in [5, 5.41) is 2.05. The Morgan fingerprint density at radius 1 is 1.27 bits per heavy atom. The van der Waals surface area contributed by atoms with E-state index in [2.05, 4.69) is 11.4 Å². The molecule has 1 unspecified atom stereocenters. The molecular weight excluding hydrogens is 318 g/mol. The summed E-state index contributed by atoms with van der Waals surface area (Å²) in [5.41, 5.74) is 1.16. The third-order valence-electron chi connectivity index (χ3n) is 4.10. The van der Waals surface area contributed by atoms with Crippen molar-refractivity contribution in [1.29, 1.82) is 0 Å². The van der Waals surface area contributed by atoms with Crippen molar-refractivity contribution in [3.8, 4) is 5.75 Å². The van der Waals surface area contributed by atoms with Gasteiger partial charge in [-0.05, 0) is 54.1 Å². The molecule has 0 aliphatic carbocycles. The highest BCUT2D eigenvalue weighted by Crippen LogP contribution is 2.38. The maximum absolute atomic E-state index is 13.0. The van der Waals surface area contributed by atoms with Crippen LogP contribution >= 0.6 is 11.3 Å². The summed E-state index contributed by atoms with van der Waals surface area (Å²) in [6.45, 7) is 2.58. The standard InChI is InChI=1S/C16H19NO3S2/c1-3-15-14-9-11-21-16(14)8-10-17(15)22(18,19)13-6-4-12(20-2)5-7-13/h4-7,9,11,15H,3,8,10H2,1-2H3. The van der Waals surface area contributed by atoms with Gasteiger partial charge < -0.3 is 4.74 Å². The van der Waals surface area contributed by atoms with E-state index in [0.29, 0.717) is 17.2 Å². The number of methoxy groups -OCH3 is 1. The van der Waals surface area contributed by atoms with Crippen LogP contribution in [0, 0.1) is 0 Å². The molecule has 6 heteroatoms. The minimum absolute atomic E-state index is 0.0675. The Balaban J connectivity index is 1.97. The first-order valence-electron chi connectivity index (χ1n) is 7.30. The second-order valence-electron chi connectivity index (χ2n) is 5.26. The molecule has 2 heterocycles. The highest BCUT2D eigenvalue weighted by molar-refractivity contribution is 7.89. The van der Waals surface area contributed by atoms with Gasteiger partial charge in [0.05, 0.1) is 18.0 Å². The van der Waals surface area contributed by atoms with Crippen LogP contribution in [0.25, 0.3) is 0 Å². The van der Waals surface area contributed by atoms with E-state index in [9.17, 15) is 8.42 Å². The zero-order valence-electron chi connectivity index (χ0n) is 12.7. The molecule has 0 bridgehead atoms. The topological polar surface area (TPSA) is 46.6 Å². The van der Waals surface area contributed by atoms with E-state index >= 15 is 0 Å². The number of thiophene rings is 1. The van der Waals surface area contributed by atoms with Gasteiger partial charge in [-0.3, -0.25) is 0 Å². The summed E-state index contributed by atoms with van der Waals surface area (Å²) < 4.78 is 32.7. The van der Waals surface area contributed by atoms with Crippen molar-refractivity contribution >= 4 is 21.4 Å². The third-order valence-corrected chi connectivity index (χ3v) is 7.02. The fourth-order valence-electron chi connectivity index (χ4n) is 2.97. The number of rotatable bonds is 4. The first-order valence-corrected chi connectivity index (χ1v) is 9.62. The van der Waals surface area contributed by atoms with E-state index in [1.54, 1.807) is 47.0 Å². The molecule has 1 aliphatic heterocycles. The SMILES string of the molecule is CCC1c2ccsc2CCN1S(=O)(=O)c1ccc(OC)cc1. The summed E-state index contributed by atoms with van der Waals surface area (Å²) in [4.78, 5) is 1.64. The predicted octanol–water partition coefficient (Wildman–Crippen LogP) is 3.45. The van der Waals surface area contributed by atoms with Gasteiger partial charge in [0.15, 0.2) is 0 Å². The summed E-state index contributed by atoms with van der Waals surface area (Å²) in [6, 6.07) is 8.60. The Morgan fingerprint density at radius 3 is 2.64 bits per heavy atom. The summed E-state index contributed by atoms with van der Waals surface area (Å²) in [6.07, 6.45) is 1.57. The van der Waals surface area contributed by atoms with Crippen molar-refractivity contribution < 1.29 is 13.2 Å². The third kappa shape index (κ3) is 2.55. The number of hydrogen-bond acceptors (Lipinski definition) is 4. The summed E-state index contributed by atoms with van der Waals surface area (Å²) >= 11 is 1.72. The van der Waals surface area contributed by atoms with Gasteiger partial charge in [-0.1, -0.05) is 6.92 Å². The zero-order chi connectivity index (χ0) is 15.7. The maximum Gasteiger partial charge on any atom is 0.243 e. The number of benzene rings is 1. The van der Waals surface area contributed by atoms with Gasteiger partial charge in [0.1, 0.15) is 5.75 Å². The number of hydrogen-bond donors (Lipinski definition) is 0. The largest absolute Gasteiger partial charge is 0.497 e. The number of ether oxygens (including phenoxy) is 1. The minimum Gasteiger partial charge on any atom is -0.497 e. The Hall–Kier alpha value is -1.37. The van der Waals surface area contributed by atoms with Gasteiger partial charge in [0, 0.05) is 11.4 Å². The molecule has 0 amide bonds. The molecule has 118 valence electrons. The molecule has 0 N–H and O–H groups in total. The van der Waals surface area contributed by atoms with Gasteiger partial charge in [-0.25, -0.2) is 8.42 Å². The lowest BCUT2D eigenvalue weighted by Crippen LogP contribution is -2.39. The lowest BCUT2D eigenvalue weighted by molar-refractivity contribution is 0.303. The fourth-order valence-corrected chi connectivity index (χ4v) is 5.58. The monoisotopic (exact) mass is 337 g/mol. The average Bonchev–Trinajstić information content (AvgIpc) is 3.02. The number of fused-ring (bicyclic) bond motifs is 1. The van der Waals surface area contributed by atoms with Crippen molar-refractivity contribution in [2.24, 2.45) is 0 Å². The van der Waals surface area contributed by atoms with Gasteiger partial charge in [-0.15, -0.1) is 11.3 Å². The van der Waals surface area contributed by atoms with Crippen LogP contribution in [0.5, 0.6) is 5.75 Å². The second kappa shape index (κ2) is 6.02. The molecular formula is C16H19NO3S2. The van der Waals surface area contributed by atoms with Gasteiger partial charge in [-0.2, -0.15) is 4.31 Å². The van der Waals surface area contributed by atoms with Crippen molar-refractivity contribution in [2.75, 3.05) is 13.7 Å². The van der Waals surface area contributed by atoms with E-state index in [-0.39, 0.29) is 6.04 Å². The summed E-state index contributed by atoms with van der Waals surface area (Å²) in [7, 11) is -1.92. The average molecular weight is 337 g/mol. The van der Waals surface area contributed by atoms with Crippen LogP contribution in [0.2, 0.25) is 0 Å². The van der Waals surface area contributed by atoms with Crippen molar-refractivity contribution in [3.63, 3.8) is 0 Å². The second-order valence-corrected chi connectivity index (χ2v) is 8.16. The Bertz CT molecular complexity index is 750. The van der Waals surface area contributed by atoms with Crippen LogP contribution in [0.3, 0.4) is 0 Å². The molecule has 1 aromatic heterocycles. The zero-order valence-corrected chi connectivity index (χ0v) is 14.3. The van der Waals surface area contributed by atoms with E-state index in [1.165, 1.54) is 4.88 Å². The first kappa shape index (κ1) is 15.5. The molecule has 22 heavy (non-hydrogen) atoms. The first-order chi connectivity index (χ1) is 10.6. The Morgan fingerprint density at radius 2 is 2.00 bits per heavy atom. The molecule has 1 atom stereocenters. The molecule has 4 nitrogen and oxygen atoms in total. The van der Waals surface area contributed by atoms with Crippen LogP contribution in [-0.4, -0.2) is 26.4 Å². The molecule has 1 aliphatic rings. The highest BCUT2D eigenvalue weighted by atomic mass is 32.2. The van der Waals surface area contributed by atoms with E-state index in [1.807, 2.05) is 6.92 Å².